The molecule has 1 N–H and O–H groups in total. The highest BCUT2D eigenvalue weighted by Gasteiger charge is 2.29. The number of fused-ring (bicyclic) bond motifs is 2. The van der Waals surface area contributed by atoms with E-state index in [-0.39, 0.29) is 17.4 Å². The maximum absolute atomic E-state index is 13.1. The topological polar surface area (TPSA) is 88.6 Å². The van der Waals surface area contributed by atoms with Crippen molar-refractivity contribution in [2.45, 2.75) is 17.9 Å². The van der Waals surface area contributed by atoms with Crippen LogP contribution in [-0.4, -0.2) is 37.3 Å². The molecule has 1 aliphatic rings. The van der Waals surface area contributed by atoms with Gasteiger partial charge in [0.2, 0.25) is 10.0 Å². The Morgan fingerprint density at radius 1 is 1.26 bits per heavy atom. The maximum Gasteiger partial charge on any atom is 0.262 e. The SMILES string of the molecule is CC(c1nc2ccccc2s1)N(C)S(=O)(=O)c1ccc2c(c1)NC(=O)CO2. The average Bonchev–Trinajstić information content (AvgIpc) is 3.10. The van der Waals surface area contributed by atoms with Crippen LogP contribution in [0.5, 0.6) is 5.75 Å². The van der Waals surface area contributed by atoms with E-state index in [4.69, 9.17) is 4.74 Å². The number of carbonyl (C=O) groups is 1. The molecule has 7 nitrogen and oxygen atoms in total. The number of hydrogen-bond donors (Lipinski definition) is 1. The van der Waals surface area contributed by atoms with Gasteiger partial charge in [-0.1, -0.05) is 12.1 Å². The van der Waals surface area contributed by atoms with Crippen LogP contribution in [0.25, 0.3) is 10.2 Å². The summed E-state index contributed by atoms with van der Waals surface area (Å²) in [6.07, 6.45) is 0. The van der Waals surface area contributed by atoms with Gasteiger partial charge in [-0.2, -0.15) is 4.31 Å². The van der Waals surface area contributed by atoms with Crippen LogP contribution in [0.4, 0.5) is 5.69 Å². The molecule has 140 valence electrons. The van der Waals surface area contributed by atoms with Crippen LogP contribution in [0.3, 0.4) is 0 Å². The molecule has 9 heteroatoms. The van der Waals surface area contributed by atoms with Gasteiger partial charge in [0.15, 0.2) is 6.61 Å². The fourth-order valence-corrected chi connectivity index (χ4v) is 5.31. The Labute approximate surface area is 160 Å². The van der Waals surface area contributed by atoms with Crippen LogP contribution in [0.2, 0.25) is 0 Å². The van der Waals surface area contributed by atoms with E-state index in [1.807, 2.05) is 24.3 Å². The maximum atomic E-state index is 13.1. The Hall–Kier alpha value is -2.49. The van der Waals surface area contributed by atoms with E-state index >= 15 is 0 Å². The predicted octanol–water partition coefficient (Wildman–Crippen LogP) is 3.01. The number of sulfonamides is 1. The molecule has 27 heavy (non-hydrogen) atoms. The number of benzene rings is 2. The van der Waals surface area contributed by atoms with Gasteiger partial charge >= 0.3 is 0 Å². The minimum absolute atomic E-state index is 0.0758. The number of hydrogen-bond acceptors (Lipinski definition) is 6. The second-order valence-electron chi connectivity index (χ2n) is 6.21. The number of amides is 1. The monoisotopic (exact) mass is 403 g/mol. The summed E-state index contributed by atoms with van der Waals surface area (Å²) in [5, 5.41) is 3.35. The molecule has 1 aromatic heterocycles. The molecule has 1 amide bonds. The lowest BCUT2D eigenvalue weighted by atomic mass is 10.2. The van der Waals surface area contributed by atoms with Crippen LogP contribution in [0.15, 0.2) is 47.4 Å². The van der Waals surface area contributed by atoms with Gasteiger partial charge in [-0.15, -0.1) is 11.3 Å². The molecule has 0 radical (unpaired) electrons. The Kier molecular flexibility index (Phi) is 4.37. The zero-order valence-corrected chi connectivity index (χ0v) is 16.3. The third kappa shape index (κ3) is 3.18. The van der Waals surface area contributed by atoms with Gasteiger partial charge in [0, 0.05) is 7.05 Å². The molecule has 0 aliphatic carbocycles. The van der Waals surface area contributed by atoms with E-state index in [2.05, 4.69) is 10.3 Å². The van der Waals surface area contributed by atoms with Crippen LogP contribution in [0.1, 0.15) is 18.0 Å². The van der Waals surface area contributed by atoms with Crippen molar-refractivity contribution in [1.82, 2.24) is 9.29 Å². The summed E-state index contributed by atoms with van der Waals surface area (Å²) in [6, 6.07) is 11.7. The summed E-state index contributed by atoms with van der Waals surface area (Å²) in [5.41, 5.74) is 1.21. The predicted molar refractivity (Wildman–Crippen MR) is 104 cm³/mol. The minimum Gasteiger partial charge on any atom is -0.482 e. The number of rotatable bonds is 4. The first kappa shape index (κ1) is 17.9. The summed E-state index contributed by atoms with van der Waals surface area (Å²) in [6.45, 7) is 1.73. The number of aromatic nitrogens is 1. The molecular weight excluding hydrogens is 386 g/mol. The van der Waals surface area contributed by atoms with Crippen LogP contribution in [-0.2, 0) is 14.8 Å². The summed E-state index contributed by atoms with van der Waals surface area (Å²) in [5.74, 6) is 0.142. The summed E-state index contributed by atoms with van der Waals surface area (Å²) in [7, 11) is -2.25. The molecule has 4 rings (SSSR count). The third-order valence-corrected chi connectivity index (χ3v) is 7.60. The Balaban J connectivity index is 1.66. The van der Waals surface area contributed by atoms with Crippen molar-refractivity contribution in [2.75, 3.05) is 19.0 Å². The largest absolute Gasteiger partial charge is 0.482 e. The van der Waals surface area contributed by atoms with E-state index < -0.39 is 16.1 Å². The van der Waals surface area contributed by atoms with Gasteiger partial charge in [-0.3, -0.25) is 4.79 Å². The van der Waals surface area contributed by atoms with Crippen molar-refractivity contribution in [3.05, 3.63) is 47.5 Å². The van der Waals surface area contributed by atoms with Crippen molar-refractivity contribution in [3.8, 4) is 5.75 Å². The Morgan fingerprint density at radius 3 is 2.81 bits per heavy atom. The molecule has 1 atom stereocenters. The van der Waals surface area contributed by atoms with Gasteiger partial charge in [0.05, 0.1) is 26.8 Å². The highest BCUT2D eigenvalue weighted by atomic mass is 32.2. The first-order valence-corrected chi connectivity index (χ1v) is 10.5. The quantitative estimate of drug-likeness (QED) is 0.723. The number of para-hydroxylation sites is 1. The molecule has 0 fully saturated rings. The van der Waals surface area contributed by atoms with E-state index in [0.29, 0.717) is 11.4 Å². The standard InChI is InChI=1S/C18H17N3O4S2/c1-11(18-20-13-5-3-4-6-16(13)26-18)21(2)27(23,24)12-7-8-15-14(9-12)19-17(22)10-25-15/h3-9,11H,10H2,1-2H3,(H,19,22). The van der Waals surface area contributed by atoms with Gasteiger partial charge in [-0.05, 0) is 37.3 Å². The number of nitrogens with one attached hydrogen (secondary N) is 1. The van der Waals surface area contributed by atoms with Crippen molar-refractivity contribution < 1.29 is 17.9 Å². The van der Waals surface area contributed by atoms with Crippen molar-refractivity contribution in [3.63, 3.8) is 0 Å². The molecule has 1 unspecified atom stereocenters. The number of anilines is 1. The number of carbonyl (C=O) groups excluding carboxylic acids is 1. The van der Waals surface area contributed by atoms with Gasteiger partial charge in [0.25, 0.3) is 5.91 Å². The smallest absolute Gasteiger partial charge is 0.262 e. The van der Waals surface area contributed by atoms with Crippen molar-refractivity contribution in [2.24, 2.45) is 0 Å². The summed E-state index contributed by atoms with van der Waals surface area (Å²) < 4.78 is 33.7. The lowest BCUT2D eigenvalue weighted by Gasteiger charge is -2.24. The van der Waals surface area contributed by atoms with Crippen molar-refractivity contribution >= 4 is 43.2 Å². The summed E-state index contributed by atoms with van der Waals surface area (Å²) >= 11 is 1.47. The van der Waals surface area contributed by atoms with Gasteiger partial charge in [0.1, 0.15) is 10.8 Å². The van der Waals surface area contributed by atoms with Crippen molar-refractivity contribution in [1.29, 1.82) is 0 Å². The normalized spacial score (nSPS) is 15.3. The first-order valence-electron chi connectivity index (χ1n) is 8.26. The van der Waals surface area contributed by atoms with Crippen LogP contribution in [0, 0.1) is 0 Å². The summed E-state index contributed by atoms with van der Waals surface area (Å²) in [4.78, 5) is 16.1. The highest BCUT2D eigenvalue weighted by Crippen LogP contribution is 2.34. The third-order valence-electron chi connectivity index (χ3n) is 4.47. The second kappa shape index (κ2) is 6.59. The van der Waals surface area contributed by atoms with Crippen LogP contribution >= 0.6 is 11.3 Å². The first-order chi connectivity index (χ1) is 12.9. The fourth-order valence-electron chi connectivity index (χ4n) is 2.82. The molecule has 0 spiro atoms. The molecular formula is C18H17N3O4S2. The molecule has 0 bridgehead atoms. The van der Waals surface area contributed by atoms with E-state index in [9.17, 15) is 13.2 Å². The molecule has 3 aromatic rings. The van der Waals surface area contributed by atoms with E-state index in [1.165, 1.54) is 34.8 Å². The fraction of sp³-hybridized carbons (Fsp3) is 0.222. The number of nitrogens with zero attached hydrogens (tertiary/aromatic N) is 2. The number of ether oxygens (including phenoxy) is 1. The lowest BCUT2D eigenvalue weighted by Crippen LogP contribution is -2.30. The average molecular weight is 403 g/mol. The van der Waals surface area contributed by atoms with E-state index in [1.54, 1.807) is 13.0 Å². The second-order valence-corrected chi connectivity index (χ2v) is 9.27. The molecule has 0 saturated heterocycles. The Bertz CT molecular complexity index is 1110. The van der Waals surface area contributed by atoms with Gasteiger partial charge < -0.3 is 10.1 Å². The van der Waals surface area contributed by atoms with Crippen LogP contribution < -0.4 is 10.1 Å². The minimum atomic E-state index is -3.78. The van der Waals surface area contributed by atoms with Gasteiger partial charge in [-0.25, -0.2) is 13.4 Å². The zero-order chi connectivity index (χ0) is 19.2. The number of thiazole rings is 1. The lowest BCUT2D eigenvalue weighted by molar-refractivity contribution is -0.118. The molecule has 1 aliphatic heterocycles. The zero-order valence-electron chi connectivity index (χ0n) is 14.7. The van der Waals surface area contributed by atoms with E-state index in [0.717, 1.165) is 15.2 Å². The molecule has 2 heterocycles. The Morgan fingerprint density at radius 2 is 2.04 bits per heavy atom. The highest BCUT2D eigenvalue weighted by molar-refractivity contribution is 7.89. The molecule has 2 aromatic carbocycles. The molecule has 0 saturated carbocycles.